The molecule has 1 amide bonds. The minimum atomic E-state index is -3.85. The van der Waals surface area contributed by atoms with Crippen LogP contribution in [0.4, 0.5) is 15.8 Å². The van der Waals surface area contributed by atoms with Gasteiger partial charge >= 0.3 is 0 Å². The van der Waals surface area contributed by atoms with Crippen molar-refractivity contribution >= 4 is 38.6 Å². The van der Waals surface area contributed by atoms with Crippen molar-refractivity contribution < 1.29 is 17.6 Å². The number of halogens is 1. The van der Waals surface area contributed by atoms with Crippen LogP contribution in [0.2, 0.25) is 0 Å². The van der Waals surface area contributed by atoms with Crippen LogP contribution in [0.25, 0.3) is 0 Å². The summed E-state index contributed by atoms with van der Waals surface area (Å²) in [5, 5.41) is 4.42. The third-order valence-electron chi connectivity index (χ3n) is 5.48. The number of piperazine rings is 1. The number of para-hydroxylation sites is 1. The number of anilines is 2. The van der Waals surface area contributed by atoms with Gasteiger partial charge in [0.25, 0.3) is 5.91 Å². The van der Waals surface area contributed by atoms with Gasteiger partial charge in [-0.25, -0.2) is 12.8 Å². The fourth-order valence-electron chi connectivity index (χ4n) is 3.74. The fraction of sp³-hybridized carbons (Fsp3) is 0.261. The quantitative estimate of drug-likeness (QED) is 0.582. The molecule has 4 rings (SSSR count). The molecule has 1 aliphatic rings. The third kappa shape index (κ3) is 4.55. The van der Waals surface area contributed by atoms with Crippen molar-refractivity contribution in [3.05, 3.63) is 76.2 Å². The van der Waals surface area contributed by atoms with Gasteiger partial charge in [-0.3, -0.25) is 4.79 Å². The van der Waals surface area contributed by atoms with E-state index in [0.717, 1.165) is 23.3 Å². The zero-order valence-electron chi connectivity index (χ0n) is 17.6. The Morgan fingerprint density at radius 3 is 2.53 bits per heavy atom. The van der Waals surface area contributed by atoms with Crippen molar-refractivity contribution in [2.75, 3.05) is 36.4 Å². The standard InChI is InChI=1S/C23H24FN3O3S2/c1-2-17-6-5-7-18(16-17)25-23(28)22-21(10-15-31-22)32(29,30)27-13-11-26(12-14-27)20-9-4-3-8-19(20)24/h3-10,15-16H,2,11-14H2,1H3,(H,25,28). The number of thiophene rings is 1. The van der Waals surface area contributed by atoms with Gasteiger partial charge in [-0.05, 0) is 47.7 Å². The lowest BCUT2D eigenvalue weighted by atomic mass is 10.1. The first kappa shape index (κ1) is 22.4. The maximum absolute atomic E-state index is 14.1. The average Bonchev–Trinajstić information content (AvgIpc) is 3.31. The number of sulfonamides is 1. The Hall–Kier alpha value is -2.75. The van der Waals surface area contributed by atoms with Crippen LogP contribution in [0.5, 0.6) is 0 Å². The zero-order chi connectivity index (χ0) is 22.7. The number of nitrogens with zero attached hydrogens (tertiary/aromatic N) is 2. The molecule has 1 fully saturated rings. The zero-order valence-corrected chi connectivity index (χ0v) is 19.3. The highest BCUT2D eigenvalue weighted by Crippen LogP contribution is 2.28. The lowest BCUT2D eigenvalue weighted by Crippen LogP contribution is -2.49. The molecule has 1 N–H and O–H groups in total. The van der Waals surface area contributed by atoms with E-state index >= 15 is 0 Å². The van der Waals surface area contributed by atoms with Gasteiger partial charge < -0.3 is 10.2 Å². The molecule has 2 aromatic carbocycles. The molecule has 9 heteroatoms. The van der Waals surface area contributed by atoms with Gasteiger partial charge in [-0.2, -0.15) is 4.31 Å². The van der Waals surface area contributed by atoms with Gasteiger partial charge in [-0.1, -0.05) is 31.2 Å². The van der Waals surface area contributed by atoms with Crippen LogP contribution in [-0.2, 0) is 16.4 Å². The Morgan fingerprint density at radius 1 is 1.06 bits per heavy atom. The summed E-state index contributed by atoms with van der Waals surface area (Å²) in [7, 11) is -3.85. The smallest absolute Gasteiger partial charge is 0.267 e. The van der Waals surface area contributed by atoms with E-state index in [1.165, 1.54) is 16.4 Å². The highest BCUT2D eigenvalue weighted by atomic mass is 32.2. The Bertz CT molecular complexity index is 1220. The molecule has 1 aromatic heterocycles. The summed E-state index contributed by atoms with van der Waals surface area (Å²) in [5.74, 6) is -0.774. The van der Waals surface area contributed by atoms with Crippen molar-refractivity contribution in [1.29, 1.82) is 0 Å². The van der Waals surface area contributed by atoms with Crippen LogP contribution < -0.4 is 10.2 Å². The van der Waals surface area contributed by atoms with E-state index in [9.17, 15) is 17.6 Å². The highest BCUT2D eigenvalue weighted by molar-refractivity contribution is 7.89. The molecule has 2 heterocycles. The van der Waals surface area contributed by atoms with Gasteiger partial charge in [0.1, 0.15) is 15.6 Å². The van der Waals surface area contributed by atoms with E-state index in [1.54, 1.807) is 29.6 Å². The van der Waals surface area contributed by atoms with Crippen molar-refractivity contribution in [2.45, 2.75) is 18.2 Å². The molecular formula is C23H24FN3O3S2. The van der Waals surface area contributed by atoms with Gasteiger partial charge in [0.2, 0.25) is 10.0 Å². The topological polar surface area (TPSA) is 69.7 Å². The molecule has 32 heavy (non-hydrogen) atoms. The summed E-state index contributed by atoms with van der Waals surface area (Å²) < 4.78 is 42.0. The van der Waals surface area contributed by atoms with Crippen LogP contribution in [0.3, 0.4) is 0 Å². The van der Waals surface area contributed by atoms with E-state index in [2.05, 4.69) is 5.32 Å². The van der Waals surface area contributed by atoms with Crippen LogP contribution in [0, 0.1) is 5.82 Å². The SMILES string of the molecule is CCc1cccc(NC(=O)c2sccc2S(=O)(=O)N2CCN(c3ccccc3F)CC2)c1. The molecule has 0 aliphatic carbocycles. The van der Waals surface area contributed by atoms with Crippen LogP contribution in [-0.4, -0.2) is 44.8 Å². The Labute approximate surface area is 191 Å². The molecule has 1 aliphatic heterocycles. The number of carbonyl (C=O) groups excluding carboxylic acids is 1. The van der Waals surface area contributed by atoms with Crippen LogP contribution in [0.1, 0.15) is 22.2 Å². The summed E-state index contributed by atoms with van der Waals surface area (Å²) >= 11 is 1.10. The molecule has 0 bridgehead atoms. The van der Waals surface area contributed by atoms with Crippen LogP contribution >= 0.6 is 11.3 Å². The van der Waals surface area contributed by atoms with Crippen molar-refractivity contribution in [1.82, 2.24) is 4.31 Å². The summed E-state index contributed by atoms with van der Waals surface area (Å²) in [4.78, 5) is 14.9. The summed E-state index contributed by atoms with van der Waals surface area (Å²) in [6.07, 6.45) is 0.835. The molecule has 0 radical (unpaired) electrons. The molecule has 0 atom stereocenters. The lowest BCUT2D eigenvalue weighted by Gasteiger charge is -2.35. The molecule has 1 saturated heterocycles. The molecule has 0 unspecified atom stereocenters. The maximum atomic E-state index is 14.1. The minimum absolute atomic E-state index is 0.00554. The summed E-state index contributed by atoms with van der Waals surface area (Å²) in [6.45, 7) is 3.19. The van der Waals surface area contributed by atoms with E-state index in [1.807, 2.05) is 30.0 Å². The van der Waals surface area contributed by atoms with Gasteiger partial charge in [0.05, 0.1) is 5.69 Å². The fourth-order valence-corrected chi connectivity index (χ4v) is 6.46. The number of aryl methyl sites for hydroxylation is 1. The van der Waals surface area contributed by atoms with Gasteiger partial charge in [0.15, 0.2) is 0 Å². The first-order valence-electron chi connectivity index (χ1n) is 10.4. The molecule has 6 nitrogen and oxygen atoms in total. The predicted octanol–water partition coefficient (Wildman–Crippen LogP) is 4.21. The Morgan fingerprint density at radius 2 is 1.81 bits per heavy atom. The number of carbonyl (C=O) groups is 1. The van der Waals surface area contributed by atoms with Crippen molar-refractivity contribution in [3.63, 3.8) is 0 Å². The van der Waals surface area contributed by atoms with Crippen LogP contribution in [0.15, 0.2) is 64.9 Å². The molecule has 0 spiro atoms. The Balaban J connectivity index is 1.49. The first-order chi connectivity index (χ1) is 15.4. The van der Waals surface area contributed by atoms with Gasteiger partial charge in [-0.15, -0.1) is 11.3 Å². The molecular weight excluding hydrogens is 449 g/mol. The molecule has 3 aromatic rings. The number of amides is 1. The second kappa shape index (κ2) is 9.40. The monoisotopic (exact) mass is 473 g/mol. The number of rotatable bonds is 6. The molecule has 168 valence electrons. The average molecular weight is 474 g/mol. The largest absolute Gasteiger partial charge is 0.367 e. The van der Waals surface area contributed by atoms with Gasteiger partial charge in [0, 0.05) is 31.9 Å². The number of hydrogen-bond acceptors (Lipinski definition) is 5. The first-order valence-corrected chi connectivity index (χ1v) is 12.7. The minimum Gasteiger partial charge on any atom is -0.367 e. The summed E-state index contributed by atoms with van der Waals surface area (Å²) in [6, 6.07) is 15.4. The lowest BCUT2D eigenvalue weighted by molar-refractivity contribution is 0.102. The number of nitrogens with one attached hydrogen (secondary N) is 1. The van der Waals surface area contributed by atoms with Crippen molar-refractivity contribution in [3.8, 4) is 0 Å². The number of hydrogen-bond donors (Lipinski definition) is 1. The van der Waals surface area contributed by atoms with E-state index in [4.69, 9.17) is 0 Å². The predicted molar refractivity (Wildman–Crippen MR) is 125 cm³/mol. The normalized spacial score (nSPS) is 15.0. The third-order valence-corrected chi connectivity index (χ3v) is 8.46. The second-order valence-electron chi connectivity index (χ2n) is 7.46. The summed E-state index contributed by atoms with van der Waals surface area (Å²) in [5.41, 5.74) is 2.17. The number of benzene rings is 2. The maximum Gasteiger partial charge on any atom is 0.267 e. The highest BCUT2D eigenvalue weighted by Gasteiger charge is 2.33. The molecule has 0 saturated carbocycles. The van der Waals surface area contributed by atoms with E-state index in [-0.39, 0.29) is 28.7 Å². The Kier molecular flexibility index (Phi) is 6.59. The van der Waals surface area contributed by atoms with E-state index in [0.29, 0.717) is 24.5 Å². The van der Waals surface area contributed by atoms with E-state index < -0.39 is 15.9 Å². The van der Waals surface area contributed by atoms with Crippen molar-refractivity contribution in [2.24, 2.45) is 0 Å². The second-order valence-corrected chi connectivity index (χ2v) is 10.3.